The molecule has 2 atom stereocenters. The molecule has 0 aliphatic heterocycles. The molecule has 0 amide bonds. The van der Waals surface area contributed by atoms with Crippen molar-refractivity contribution in [2.75, 3.05) is 6.54 Å². The van der Waals surface area contributed by atoms with Crippen molar-refractivity contribution in [1.29, 1.82) is 0 Å². The molecule has 0 spiro atoms. The molecule has 0 radical (unpaired) electrons. The fraction of sp³-hybridized carbons (Fsp3) is 1.00. The molecule has 2 unspecified atom stereocenters. The second kappa shape index (κ2) is 4.97. The molecule has 0 heterocycles. The smallest absolute Gasteiger partial charge is 0.0470 e. The Kier molecular flexibility index (Phi) is 4.22. The molecule has 1 rings (SSSR count). The molecule has 1 saturated carbocycles. The van der Waals surface area contributed by atoms with Gasteiger partial charge in [-0.2, -0.15) is 0 Å². The summed E-state index contributed by atoms with van der Waals surface area (Å²) in [4.78, 5) is 0. The molecule has 0 aromatic heterocycles. The van der Waals surface area contributed by atoms with E-state index in [0.717, 1.165) is 19.3 Å². The Morgan fingerprint density at radius 1 is 1.50 bits per heavy atom. The average Bonchev–Trinajstić information content (AvgIpc) is 2.58. The first kappa shape index (κ1) is 10.2. The predicted molar refractivity (Wildman–Crippen MR) is 53.5 cm³/mol. The summed E-state index contributed by atoms with van der Waals surface area (Å²) in [6.45, 7) is 2.66. The largest absolute Gasteiger partial charge is 0.329 e. The maximum Gasteiger partial charge on any atom is 0.0470 e. The summed E-state index contributed by atoms with van der Waals surface area (Å²) in [5.74, 6) is 0. The number of hydrogen-bond acceptors (Lipinski definition) is 2. The van der Waals surface area contributed by atoms with Gasteiger partial charge in [-0.15, -0.1) is 0 Å². The van der Waals surface area contributed by atoms with Gasteiger partial charge in [-0.1, -0.05) is 19.8 Å². The summed E-state index contributed by atoms with van der Waals surface area (Å²) < 4.78 is 11.8. The van der Waals surface area contributed by atoms with Gasteiger partial charge in [0.15, 0.2) is 0 Å². The standard InChI is InChI=1S/C9H19NOS/c1-2-8(7-10)12(11)9-5-3-4-6-9/h8-9H,2-7,10H2,1H3. The first-order valence-corrected chi connectivity index (χ1v) is 6.16. The lowest BCUT2D eigenvalue weighted by molar-refractivity contribution is 0.648. The van der Waals surface area contributed by atoms with E-state index in [9.17, 15) is 4.21 Å². The Labute approximate surface area is 77.4 Å². The Morgan fingerprint density at radius 3 is 2.50 bits per heavy atom. The van der Waals surface area contributed by atoms with Crippen LogP contribution in [0.15, 0.2) is 0 Å². The third-order valence-corrected chi connectivity index (χ3v) is 4.99. The van der Waals surface area contributed by atoms with E-state index < -0.39 is 10.8 Å². The quantitative estimate of drug-likeness (QED) is 0.726. The van der Waals surface area contributed by atoms with Crippen molar-refractivity contribution in [3.63, 3.8) is 0 Å². The highest BCUT2D eigenvalue weighted by Crippen LogP contribution is 2.25. The van der Waals surface area contributed by atoms with Crippen molar-refractivity contribution in [1.82, 2.24) is 0 Å². The second-order valence-corrected chi connectivity index (χ2v) is 5.49. The van der Waals surface area contributed by atoms with Crippen LogP contribution in [0.3, 0.4) is 0 Å². The molecule has 0 aromatic rings. The van der Waals surface area contributed by atoms with E-state index in [0.29, 0.717) is 11.8 Å². The van der Waals surface area contributed by atoms with Crippen LogP contribution in [0.2, 0.25) is 0 Å². The Balaban J connectivity index is 2.43. The zero-order valence-electron chi connectivity index (χ0n) is 7.79. The van der Waals surface area contributed by atoms with Gasteiger partial charge >= 0.3 is 0 Å². The zero-order chi connectivity index (χ0) is 8.97. The van der Waals surface area contributed by atoms with E-state index in [1.165, 1.54) is 12.8 Å². The molecule has 2 N–H and O–H groups in total. The minimum absolute atomic E-state index is 0.244. The highest BCUT2D eigenvalue weighted by Gasteiger charge is 2.25. The number of hydrogen-bond donors (Lipinski definition) is 1. The van der Waals surface area contributed by atoms with E-state index in [-0.39, 0.29) is 5.25 Å². The van der Waals surface area contributed by atoms with Gasteiger partial charge in [0.2, 0.25) is 0 Å². The lowest BCUT2D eigenvalue weighted by Gasteiger charge is -2.16. The first-order valence-electron chi connectivity index (χ1n) is 4.89. The molecule has 0 saturated heterocycles. The van der Waals surface area contributed by atoms with Gasteiger partial charge in [0.25, 0.3) is 0 Å². The van der Waals surface area contributed by atoms with Crippen LogP contribution >= 0.6 is 0 Å². The summed E-state index contributed by atoms with van der Waals surface area (Å²) in [5.41, 5.74) is 5.56. The van der Waals surface area contributed by atoms with Crippen LogP contribution < -0.4 is 5.73 Å². The molecule has 0 bridgehead atoms. The molecule has 3 heteroatoms. The van der Waals surface area contributed by atoms with Gasteiger partial charge < -0.3 is 5.73 Å². The molecule has 1 aliphatic rings. The maximum absolute atomic E-state index is 11.8. The van der Waals surface area contributed by atoms with Gasteiger partial charge in [0, 0.05) is 27.8 Å². The molecule has 0 aromatic carbocycles. The Hall–Kier alpha value is 0.110. The van der Waals surface area contributed by atoms with E-state index in [4.69, 9.17) is 5.73 Å². The van der Waals surface area contributed by atoms with E-state index >= 15 is 0 Å². The highest BCUT2D eigenvalue weighted by atomic mass is 32.2. The molecule has 72 valence electrons. The molecule has 2 nitrogen and oxygen atoms in total. The van der Waals surface area contributed by atoms with Gasteiger partial charge in [-0.25, -0.2) is 0 Å². The third kappa shape index (κ3) is 2.30. The Bertz CT molecular complexity index is 147. The maximum atomic E-state index is 11.8. The summed E-state index contributed by atoms with van der Waals surface area (Å²) in [5, 5.41) is 0.701. The van der Waals surface area contributed by atoms with E-state index in [1.807, 2.05) is 0 Å². The van der Waals surface area contributed by atoms with Crippen molar-refractivity contribution in [3.05, 3.63) is 0 Å². The zero-order valence-corrected chi connectivity index (χ0v) is 8.61. The molecule has 1 fully saturated rings. The molecular formula is C9H19NOS. The summed E-state index contributed by atoms with van der Waals surface area (Å²) in [6.07, 6.45) is 5.79. The summed E-state index contributed by atoms with van der Waals surface area (Å²) in [7, 11) is -0.658. The van der Waals surface area contributed by atoms with Crippen LogP contribution in [0, 0.1) is 0 Å². The van der Waals surface area contributed by atoms with Crippen molar-refractivity contribution in [3.8, 4) is 0 Å². The second-order valence-electron chi connectivity index (χ2n) is 3.50. The normalized spacial score (nSPS) is 24.2. The summed E-state index contributed by atoms with van der Waals surface area (Å²) in [6, 6.07) is 0. The van der Waals surface area contributed by atoms with Crippen LogP contribution in [-0.4, -0.2) is 21.3 Å². The number of nitrogens with two attached hydrogens (primary N) is 1. The molecule has 1 aliphatic carbocycles. The fourth-order valence-corrected chi connectivity index (χ4v) is 3.68. The van der Waals surface area contributed by atoms with Gasteiger partial charge in [0.05, 0.1) is 0 Å². The van der Waals surface area contributed by atoms with Crippen molar-refractivity contribution in [2.24, 2.45) is 5.73 Å². The Morgan fingerprint density at radius 2 is 2.08 bits per heavy atom. The minimum atomic E-state index is -0.658. The lowest BCUT2D eigenvalue weighted by Crippen LogP contribution is -2.30. The third-order valence-electron chi connectivity index (χ3n) is 2.68. The average molecular weight is 189 g/mol. The SMILES string of the molecule is CCC(CN)S(=O)C1CCCC1. The van der Waals surface area contributed by atoms with Gasteiger partial charge in [-0.05, 0) is 19.3 Å². The summed E-state index contributed by atoms with van der Waals surface area (Å²) >= 11 is 0. The van der Waals surface area contributed by atoms with Crippen LogP contribution in [0.5, 0.6) is 0 Å². The highest BCUT2D eigenvalue weighted by molar-refractivity contribution is 7.86. The van der Waals surface area contributed by atoms with Crippen LogP contribution in [0.1, 0.15) is 39.0 Å². The number of rotatable bonds is 4. The van der Waals surface area contributed by atoms with Crippen LogP contribution in [0.4, 0.5) is 0 Å². The predicted octanol–water partition coefficient (Wildman–Crippen LogP) is 1.41. The molecule has 12 heavy (non-hydrogen) atoms. The van der Waals surface area contributed by atoms with Crippen LogP contribution in [-0.2, 0) is 10.8 Å². The monoisotopic (exact) mass is 189 g/mol. The van der Waals surface area contributed by atoms with Gasteiger partial charge in [-0.3, -0.25) is 4.21 Å². The lowest BCUT2D eigenvalue weighted by atomic mass is 10.3. The van der Waals surface area contributed by atoms with Gasteiger partial charge in [0.1, 0.15) is 0 Å². The molecular weight excluding hydrogens is 170 g/mol. The van der Waals surface area contributed by atoms with E-state index in [2.05, 4.69) is 6.92 Å². The fourth-order valence-electron chi connectivity index (χ4n) is 1.82. The van der Waals surface area contributed by atoms with Crippen molar-refractivity contribution in [2.45, 2.75) is 49.5 Å². The van der Waals surface area contributed by atoms with Crippen molar-refractivity contribution < 1.29 is 4.21 Å². The first-order chi connectivity index (χ1) is 5.79. The van der Waals surface area contributed by atoms with E-state index in [1.54, 1.807) is 0 Å². The topological polar surface area (TPSA) is 43.1 Å². The van der Waals surface area contributed by atoms with Crippen LogP contribution in [0.25, 0.3) is 0 Å². The van der Waals surface area contributed by atoms with Crippen molar-refractivity contribution >= 4 is 10.8 Å². The minimum Gasteiger partial charge on any atom is -0.329 e.